The first kappa shape index (κ1) is 10.7. The third-order valence-electron chi connectivity index (χ3n) is 2.00. The van der Waals surface area contributed by atoms with Crippen molar-refractivity contribution in [1.82, 2.24) is 20.2 Å². The normalized spacial score (nSPS) is 10.1. The molecule has 5 nitrogen and oxygen atoms in total. The molecular weight excluding hydrogens is 180 g/mol. The van der Waals surface area contributed by atoms with E-state index in [9.17, 15) is 4.79 Å². The summed E-state index contributed by atoms with van der Waals surface area (Å²) in [4.78, 5) is 15.2. The minimum atomic E-state index is 0.0501. The summed E-state index contributed by atoms with van der Waals surface area (Å²) in [6.45, 7) is 1.40. The van der Waals surface area contributed by atoms with Crippen LogP contribution in [0.15, 0.2) is 12.4 Å². The maximum absolute atomic E-state index is 11.0. The molecule has 2 N–H and O–H groups in total. The fourth-order valence-corrected chi connectivity index (χ4v) is 1.22. The number of carbonyl (C=O) groups excluding carboxylic acids is 1. The van der Waals surface area contributed by atoms with Gasteiger partial charge in [0.05, 0.1) is 6.54 Å². The van der Waals surface area contributed by atoms with Gasteiger partial charge in [-0.2, -0.15) is 0 Å². The van der Waals surface area contributed by atoms with E-state index in [1.165, 1.54) is 0 Å². The van der Waals surface area contributed by atoms with Gasteiger partial charge < -0.3 is 15.2 Å². The summed E-state index contributed by atoms with van der Waals surface area (Å²) < 4.78 is 1.98. The van der Waals surface area contributed by atoms with Crippen LogP contribution in [0.4, 0.5) is 0 Å². The lowest BCUT2D eigenvalue weighted by molar-refractivity contribution is -0.120. The molecule has 0 aromatic carbocycles. The average Bonchev–Trinajstić information content (AvgIpc) is 2.62. The quantitative estimate of drug-likeness (QED) is 0.682. The molecule has 0 saturated carbocycles. The number of amides is 1. The number of imidazole rings is 1. The number of hydrogen-bond acceptors (Lipinski definition) is 3. The molecule has 0 saturated heterocycles. The maximum Gasteiger partial charge on any atom is 0.221 e. The van der Waals surface area contributed by atoms with Gasteiger partial charge in [-0.15, -0.1) is 0 Å². The maximum atomic E-state index is 11.0. The topological polar surface area (TPSA) is 59.0 Å². The van der Waals surface area contributed by atoms with Gasteiger partial charge in [-0.3, -0.25) is 4.79 Å². The van der Waals surface area contributed by atoms with E-state index in [1.54, 1.807) is 13.2 Å². The number of rotatable bonds is 5. The van der Waals surface area contributed by atoms with Crippen LogP contribution in [0.5, 0.6) is 0 Å². The standard InChI is InChI=1S/C9H16N4O/c1-10-7-8-12-4-6-13(8)5-3-9(14)11-2/h4,6,10H,3,5,7H2,1-2H3,(H,11,14). The van der Waals surface area contributed by atoms with Crippen molar-refractivity contribution >= 4 is 5.91 Å². The van der Waals surface area contributed by atoms with Crippen LogP contribution in [0.1, 0.15) is 12.2 Å². The van der Waals surface area contributed by atoms with Crippen LogP contribution in [0.2, 0.25) is 0 Å². The Bertz CT molecular complexity index is 295. The summed E-state index contributed by atoms with van der Waals surface area (Å²) in [5.74, 6) is 1.01. The Hall–Kier alpha value is -1.36. The molecule has 0 aliphatic carbocycles. The molecule has 0 bridgehead atoms. The zero-order valence-electron chi connectivity index (χ0n) is 8.58. The van der Waals surface area contributed by atoms with E-state index in [0.717, 1.165) is 12.4 Å². The fourth-order valence-electron chi connectivity index (χ4n) is 1.22. The van der Waals surface area contributed by atoms with Gasteiger partial charge in [0.1, 0.15) is 5.82 Å². The number of nitrogens with one attached hydrogen (secondary N) is 2. The summed E-state index contributed by atoms with van der Waals surface area (Å²) in [5.41, 5.74) is 0. The summed E-state index contributed by atoms with van der Waals surface area (Å²) in [6.07, 6.45) is 4.12. The first-order valence-corrected chi connectivity index (χ1v) is 4.63. The minimum Gasteiger partial charge on any atom is -0.359 e. The molecule has 0 aliphatic heterocycles. The van der Waals surface area contributed by atoms with Gasteiger partial charge in [0.25, 0.3) is 0 Å². The lowest BCUT2D eigenvalue weighted by Gasteiger charge is -2.06. The molecule has 0 radical (unpaired) electrons. The molecule has 14 heavy (non-hydrogen) atoms. The van der Waals surface area contributed by atoms with Crippen LogP contribution in [-0.4, -0.2) is 29.6 Å². The van der Waals surface area contributed by atoms with E-state index < -0.39 is 0 Å². The van der Waals surface area contributed by atoms with Crippen molar-refractivity contribution < 1.29 is 4.79 Å². The fraction of sp³-hybridized carbons (Fsp3) is 0.556. The molecule has 1 heterocycles. The van der Waals surface area contributed by atoms with E-state index >= 15 is 0 Å². The Balaban J connectivity index is 2.49. The molecule has 0 unspecified atom stereocenters. The number of carbonyl (C=O) groups is 1. The average molecular weight is 196 g/mol. The summed E-state index contributed by atoms with van der Waals surface area (Å²) in [6, 6.07) is 0. The van der Waals surface area contributed by atoms with Crippen molar-refractivity contribution in [2.24, 2.45) is 0 Å². The van der Waals surface area contributed by atoms with Gasteiger partial charge in [0.2, 0.25) is 5.91 Å². The number of aryl methyl sites for hydroxylation is 1. The Morgan fingerprint density at radius 1 is 1.57 bits per heavy atom. The molecule has 78 valence electrons. The summed E-state index contributed by atoms with van der Waals surface area (Å²) >= 11 is 0. The lowest BCUT2D eigenvalue weighted by atomic mass is 10.4. The van der Waals surface area contributed by atoms with Crippen LogP contribution < -0.4 is 10.6 Å². The summed E-state index contributed by atoms with van der Waals surface area (Å²) in [7, 11) is 3.52. The Kier molecular flexibility index (Phi) is 4.12. The van der Waals surface area contributed by atoms with Gasteiger partial charge in [-0.1, -0.05) is 0 Å². The van der Waals surface area contributed by atoms with Gasteiger partial charge >= 0.3 is 0 Å². The van der Waals surface area contributed by atoms with Gasteiger partial charge in [0.15, 0.2) is 0 Å². The molecule has 1 amide bonds. The highest BCUT2D eigenvalue weighted by atomic mass is 16.1. The van der Waals surface area contributed by atoms with Crippen LogP contribution in [-0.2, 0) is 17.9 Å². The van der Waals surface area contributed by atoms with E-state index in [0.29, 0.717) is 13.0 Å². The highest BCUT2D eigenvalue weighted by molar-refractivity contribution is 5.75. The SMILES string of the molecule is CNCc1nccn1CCC(=O)NC. The van der Waals surface area contributed by atoms with Gasteiger partial charge in [-0.25, -0.2) is 4.98 Å². The minimum absolute atomic E-state index is 0.0501. The Labute approximate surface area is 83.5 Å². The van der Waals surface area contributed by atoms with Crippen molar-refractivity contribution in [3.05, 3.63) is 18.2 Å². The van der Waals surface area contributed by atoms with Crippen LogP contribution >= 0.6 is 0 Å². The third-order valence-corrected chi connectivity index (χ3v) is 2.00. The molecule has 1 rings (SSSR count). The van der Waals surface area contributed by atoms with Crippen LogP contribution in [0.3, 0.4) is 0 Å². The number of nitrogens with zero attached hydrogens (tertiary/aromatic N) is 2. The predicted octanol–water partition coefficient (Wildman–Crippen LogP) is -0.261. The number of hydrogen-bond donors (Lipinski definition) is 2. The molecule has 0 aliphatic rings. The lowest BCUT2D eigenvalue weighted by Crippen LogP contribution is -2.20. The highest BCUT2D eigenvalue weighted by Crippen LogP contribution is 1.98. The van der Waals surface area contributed by atoms with Crippen molar-refractivity contribution in [3.8, 4) is 0 Å². The molecular formula is C9H16N4O. The first-order chi connectivity index (χ1) is 6.77. The molecule has 5 heteroatoms. The predicted molar refractivity (Wildman–Crippen MR) is 53.7 cm³/mol. The Morgan fingerprint density at radius 3 is 3.00 bits per heavy atom. The largest absolute Gasteiger partial charge is 0.359 e. The van der Waals surface area contributed by atoms with Gasteiger partial charge in [0, 0.05) is 32.4 Å². The highest BCUT2D eigenvalue weighted by Gasteiger charge is 2.03. The van der Waals surface area contributed by atoms with E-state index in [-0.39, 0.29) is 5.91 Å². The smallest absolute Gasteiger partial charge is 0.221 e. The Morgan fingerprint density at radius 2 is 2.36 bits per heavy atom. The van der Waals surface area contributed by atoms with Crippen molar-refractivity contribution in [3.63, 3.8) is 0 Å². The van der Waals surface area contributed by atoms with Crippen molar-refractivity contribution in [1.29, 1.82) is 0 Å². The van der Waals surface area contributed by atoms with Crippen LogP contribution in [0.25, 0.3) is 0 Å². The van der Waals surface area contributed by atoms with E-state index in [1.807, 2.05) is 17.8 Å². The van der Waals surface area contributed by atoms with E-state index in [2.05, 4.69) is 15.6 Å². The summed E-state index contributed by atoms with van der Waals surface area (Å²) in [5, 5.41) is 5.62. The first-order valence-electron chi connectivity index (χ1n) is 4.63. The molecule has 0 fully saturated rings. The van der Waals surface area contributed by atoms with Gasteiger partial charge in [-0.05, 0) is 7.05 Å². The number of aromatic nitrogens is 2. The third kappa shape index (κ3) is 2.85. The second-order valence-electron chi connectivity index (χ2n) is 2.99. The monoisotopic (exact) mass is 196 g/mol. The van der Waals surface area contributed by atoms with Crippen molar-refractivity contribution in [2.75, 3.05) is 14.1 Å². The molecule has 0 spiro atoms. The molecule has 1 aromatic rings. The zero-order chi connectivity index (χ0) is 10.4. The van der Waals surface area contributed by atoms with Crippen LogP contribution in [0, 0.1) is 0 Å². The molecule has 0 atom stereocenters. The second kappa shape index (κ2) is 5.39. The van der Waals surface area contributed by atoms with Crippen molar-refractivity contribution in [2.45, 2.75) is 19.5 Å². The second-order valence-corrected chi connectivity index (χ2v) is 2.99. The van der Waals surface area contributed by atoms with E-state index in [4.69, 9.17) is 0 Å². The zero-order valence-corrected chi connectivity index (χ0v) is 8.58. The molecule has 1 aromatic heterocycles.